The number of hydrogen-bond donors (Lipinski definition) is 3. The average molecular weight is 522 g/mol. The van der Waals surface area contributed by atoms with Crippen molar-refractivity contribution in [1.82, 2.24) is 5.32 Å². The Labute approximate surface area is 230 Å². The van der Waals surface area contributed by atoms with Gasteiger partial charge in [0.15, 0.2) is 0 Å². The number of aliphatic imine (C=N–C) groups is 1. The van der Waals surface area contributed by atoms with Gasteiger partial charge in [0.05, 0.1) is 5.75 Å². The average Bonchev–Trinajstić information content (AvgIpc) is 2.71. The first-order chi connectivity index (χ1) is 15.9. The van der Waals surface area contributed by atoms with E-state index in [9.17, 15) is 18.3 Å². The van der Waals surface area contributed by atoms with Crippen LogP contribution in [0.4, 0.5) is 10.5 Å². The van der Waals surface area contributed by atoms with Crippen molar-refractivity contribution >= 4 is 28.0 Å². The Morgan fingerprint density at radius 1 is 1.17 bits per heavy atom. The van der Waals surface area contributed by atoms with E-state index in [0.29, 0.717) is 13.0 Å². The van der Waals surface area contributed by atoms with Gasteiger partial charge in [0, 0.05) is 24.8 Å². The van der Waals surface area contributed by atoms with Crippen molar-refractivity contribution in [1.29, 1.82) is 0 Å². The maximum absolute atomic E-state index is 12.3. The van der Waals surface area contributed by atoms with Gasteiger partial charge in [-0.3, -0.25) is 9.55 Å². The number of para-hydroxylation sites is 1. The van der Waals surface area contributed by atoms with Crippen LogP contribution in [-0.2, 0) is 19.6 Å². The number of alkyl carbamates (subject to hydrolysis) is 1. The van der Waals surface area contributed by atoms with Crippen LogP contribution in [0.15, 0.2) is 35.3 Å². The molecule has 0 aromatic heterocycles. The first kappa shape index (κ1) is 31.5. The summed E-state index contributed by atoms with van der Waals surface area (Å²) < 4.78 is 40.3. The van der Waals surface area contributed by atoms with Crippen molar-refractivity contribution in [3.05, 3.63) is 30.3 Å². The molecule has 2 atom stereocenters. The van der Waals surface area contributed by atoms with E-state index in [4.69, 9.17) is 14.0 Å². The summed E-state index contributed by atoms with van der Waals surface area (Å²) in [6.45, 7) is 7.06. The Morgan fingerprint density at radius 3 is 2.51 bits per heavy atom. The van der Waals surface area contributed by atoms with Crippen molar-refractivity contribution in [2.75, 3.05) is 37.4 Å². The van der Waals surface area contributed by atoms with Crippen LogP contribution in [0, 0.1) is 10.8 Å². The molecule has 1 aliphatic rings. The number of nitrogens with zero attached hydrogens (tertiary/aromatic N) is 1. The fraction of sp³-hybridized carbons (Fsp3) is 0.652. The molecule has 0 saturated heterocycles. The van der Waals surface area contributed by atoms with Gasteiger partial charge >= 0.3 is 35.7 Å². The Kier molecular flexibility index (Phi) is 12.8. The molecular formula is C23H36N3NaO7S. The minimum Gasteiger partial charge on any atom is -0.600 e. The number of amides is 1. The number of anilines is 1. The van der Waals surface area contributed by atoms with Crippen LogP contribution in [0.1, 0.15) is 46.5 Å². The Morgan fingerprint density at radius 2 is 1.86 bits per heavy atom. The predicted molar refractivity (Wildman–Crippen MR) is 128 cm³/mol. The largest absolute Gasteiger partial charge is 1.00 e. The van der Waals surface area contributed by atoms with Crippen molar-refractivity contribution in [2.45, 2.75) is 52.5 Å². The van der Waals surface area contributed by atoms with E-state index in [2.05, 4.69) is 29.5 Å². The second-order valence-corrected chi connectivity index (χ2v) is 11.5. The second kappa shape index (κ2) is 14.3. The molecule has 192 valence electrons. The third kappa shape index (κ3) is 13.4. The summed E-state index contributed by atoms with van der Waals surface area (Å²) in [5.74, 6) is -0.474. The van der Waals surface area contributed by atoms with Crippen LogP contribution in [0.2, 0.25) is 0 Å². The van der Waals surface area contributed by atoms with Crippen LogP contribution in [0.25, 0.3) is 0 Å². The zero-order valence-electron chi connectivity index (χ0n) is 21.1. The van der Waals surface area contributed by atoms with Crippen molar-refractivity contribution in [3.8, 4) is 0 Å². The summed E-state index contributed by atoms with van der Waals surface area (Å²) in [6.07, 6.45) is 0.977. The molecule has 1 aromatic rings. The molecule has 0 radical (unpaired) electrons. The maximum atomic E-state index is 12.3. The van der Waals surface area contributed by atoms with E-state index < -0.39 is 28.0 Å². The number of ether oxygens (including phenoxy) is 2. The number of hydrogen-bond acceptors (Lipinski definition) is 8. The molecule has 10 nitrogen and oxygen atoms in total. The van der Waals surface area contributed by atoms with E-state index in [1.54, 1.807) is 0 Å². The number of nitrogens with one attached hydrogen (secondary N) is 2. The fourth-order valence-electron chi connectivity index (χ4n) is 4.66. The molecular weight excluding hydrogens is 485 g/mol. The molecule has 1 fully saturated rings. The van der Waals surface area contributed by atoms with Crippen LogP contribution in [-0.4, -0.2) is 63.2 Å². The Bertz CT molecular complexity index is 928. The van der Waals surface area contributed by atoms with E-state index in [0.717, 1.165) is 18.5 Å². The van der Waals surface area contributed by atoms with Gasteiger partial charge in [-0.05, 0) is 55.3 Å². The van der Waals surface area contributed by atoms with Gasteiger partial charge in [-0.25, -0.2) is 4.79 Å². The summed E-state index contributed by atoms with van der Waals surface area (Å²) >= 11 is 0. The fourth-order valence-corrected chi connectivity index (χ4v) is 5.14. The zero-order valence-corrected chi connectivity index (χ0v) is 23.9. The molecule has 1 amide bonds. The topological polar surface area (TPSA) is 149 Å². The molecule has 1 aromatic carbocycles. The van der Waals surface area contributed by atoms with E-state index >= 15 is 0 Å². The third-order valence-electron chi connectivity index (χ3n) is 5.57. The zero-order chi connectivity index (χ0) is 25.2. The van der Waals surface area contributed by atoms with Crippen molar-refractivity contribution < 1.29 is 61.9 Å². The van der Waals surface area contributed by atoms with Gasteiger partial charge in [0.1, 0.15) is 12.7 Å². The second-order valence-electron chi connectivity index (χ2n) is 9.90. The summed E-state index contributed by atoms with van der Waals surface area (Å²) in [7, 11) is -4.08. The standard InChI is InChI=1S/C23H37N3O7S.Na/c1-22(2)14-19(26-21(28)33-12-10-24-18-8-5-4-6-9-18)15-23(3,16-22)17-25-20(27)32-11-7-13-34(29,30)31;/h4-6,8-9,19,24H,7,10-17H2,1-3H3,(H,25,27)(H,26,28)(H,29,30,31);/q;+1/p-1. The van der Waals surface area contributed by atoms with Crippen molar-refractivity contribution in [3.63, 3.8) is 0 Å². The molecule has 35 heavy (non-hydrogen) atoms. The number of rotatable bonds is 11. The van der Waals surface area contributed by atoms with E-state index in [1.807, 2.05) is 37.3 Å². The normalized spacial score (nSPS) is 21.9. The SMILES string of the molecule is CC1(C)CC(NC(=O)OCCNc2ccccc2)CC(C)(CN=C([O-])OCCCS(=O)(=O)O)C1.[Na+]. The predicted octanol–water partition coefficient (Wildman–Crippen LogP) is -0.575. The quantitative estimate of drug-likeness (QED) is 0.115. The first-order valence-electron chi connectivity index (χ1n) is 11.4. The molecule has 12 heteroatoms. The van der Waals surface area contributed by atoms with Gasteiger partial charge in [0.2, 0.25) is 0 Å². The van der Waals surface area contributed by atoms with Gasteiger partial charge in [-0.2, -0.15) is 8.42 Å². The number of carbonyl (C=O) groups is 1. The Balaban J connectivity index is 0.00000612. The molecule has 0 heterocycles. The minimum absolute atomic E-state index is 0. The summed E-state index contributed by atoms with van der Waals surface area (Å²) in [5, 5.41) is 18.0. The molecule has 3 N–H and O–H groups in total. The Hall–Kier alpha value is -1.53. The third-order valence-corrected chi connectivity index (χ3v) is 6.37. The van der Waals surface area contributed by atoms with E-state index in [-0.39, 0.29) is 72.6 Å². The molecule has 0 aliphatic heterocycles. The molecule has 0 bridgehead atoms. The number of benzene rings is 1. The van der Waals surface area contributed by atoms with Crippen molar-refractivity contribution in [2.24, 2.45) is 15.8 Å². The molecule has 0 spiro atoms. The van der Waals surface area contributed by atoms with Gasteiger partial charge in [-0.1, -0.05) is 39.0 Å². The monoisotopic (exact) mass is 521 g/mol. The van der Waals surface area contributed by atoms with Gasteiger partial charge in [0.25, 0.3) is 10.1 Å². The van der Waals surface area contributed by atoms with Crippen LogP contribution in [0.5, 0.6) is 0 Å². The maximum Gasteiger partial charge on any atom is 1.00 e. The summed E-state index contributed by atoms with van der Waals surface area (Å²) in [6, 6.07) is 9.53. The van der Waals surface area contributed by atoms with Crippen LogP contribution >= 0.6 is 0 Å². The minimum atomic E-state index is -4.08. The van der Waals surface area contributed by atoms with Crippen LogP contribution in [0.3, 0.4) is 0 Å². The first-order valence-corrected chi connectivity index (χ1v) is 13.0. The van der Waals surface area contributed by atoms with Crippen LogP contribution < -0.4 is 45.3 Å². The molecule has 1 aliphatic carbocycles. The molecule has 2 unspecified atom stereocenters. The van der Waals surface area contributed by atoms with Gasteiger partial charge < -0.3 is 25.2 Å². The van der Waals surface area contributed by atoms with Gasteiger partial charge in [-0.15, -0.1) is 0 Å². The summed E-state index contributed by atoms with van der Waals surface area (Å²) in [5.41, 5.74) is 0.550. The van der Waals surface area contributed by atoms with E-state index in [1.165, 1.54) is 0 Å². The summed E-state index contributed by atoms with van der Waals surface area (Å²) in [4.78, 5) is 16.3. The number of carbonyl (C=O) groups excluding carboxylic acids is 1. The molecule has 1 saturated carbocycles. The smallest absolute Gasteiger partial charge is 0.600 e. The molecule has 2 rings (SSSR count).